The van der Waals surface area contributed by atoms with Crippen LogP contribution in [0.5, 0.6) is 0 Å². The Morgan fingerprint density at radius 3 is 2.50 bits per heavy atom. The van der Waals surface area contributed by atoms with Gasteiger partial charge in [0.2, 0.25) is 0 Å². The Kier molecular flexibility index (Phi) is 1.53. The Labute approximate surface area is 72.3 Å². The number of carbonyl (C=O) groups is 1. The molecule has 66 valence electrons. The van der Waals surface area contributed by atoms with Gasteiger partial charge in [0.25, 0.3) is 0 Å². The Balaban J connectivity index is 2.41. The van der Waals surface area contributed by atoms with Crippen LogP contribution in [0.1, 0.15) is 32.6 Å². The van der Waals surface area contributed by atoms with Gasteiger partial charge in [0.15, 0.2) is 0 Å². The van der Waals surface area contributed by atoms with Crippen LogP contribution in [0.15, 0.2) is 11.6 Å². The van der Waals surface area contributed by atoms with Gasteiger partial charge in [-0.3, -0.25) is 4.79 Å². The van der Waals surface area contributed by atoms with E-state index < -0.39 is 11.4 Å². The van der Waals surface area contributed by atoms with Gasteiger partial charge in [-0.1, -0.05) is 11.6 Å². The van der Waals surface area contributed by atoms with Crippen LogP contribution in [0.2, 0.25) is 0 Å². The highest BCUT2D eigenvalue weighted by Gasteiger charge is 2.46. The number of fused-ring (bicyclic) bond motifs is 2. The molecule has 2 nitrogen and oxygen atoms in total. The van der Waals surface area contributed by atoms with Crippen molar-refractivity contribution in [2.24, 2.45) is 11.3 Å². The van der Waals surface area contributed by atoms with E-state index in [4.69, 9.17) is 5.11 Å². The molecule has 0 spiro atoms. The van der Waals surface area contributed by atoms with Gasteiger partial charge >= 0.3 is 5.97 Å². The van der Waals surface area contributed by atoms with Crippen molar-refractivity contribution in [2.45, 2.75) is 32.6 Å². The maximum absolute atomic E-state index is 11.1. The molecule has 0 aromatic heterocycles. The van der Waals surface area contributed by atoms with Crippen molar-refractivity contribution in [1.29, 1.82) is 0 Å². The molecule has 12 heavy (non-hydrogen) atoms. The van der Waals surface area contributed by atoms with Gasteiger partial charge in [-0.25, -0.2) is 0 Å². The largest absolute Gasteiger partial charge is 0.481 e. The summed E-state index contributed by atoms with van der Waals surface area (Å²) in [5.74, 6) is 0.0561. The third-order valence-electron chi connectivity index (χ3n) is 3.53. The van der Waals surface area contributed by atoms with E-state index in [-0.39, 0.29) is 0 Å². The minimum Gasteiger partial charge on any atom is -0.481 e. The predicted molar refractivity (Wildman–Crippen MR) is 45.8 cm³/mol. The molecule has 3 aliphatic carbocycles. The zero-order valence-electron chi connectivity index (χ0n) is 7.34. The maximum Gasteiger partial charge on any atom is 0.313 e. The average Bonchev–Trinajstić information content (AvgIpc) is 2.05. The van der Waals surface area contributed by atoms with Gasteiger partial charge in [-0.2, -0.15) is 0 Å². The Bertz CT molecular complexity index is 245. The van der Waals surface area contributed by atoms with Crippen molar-refractivity contribution in [2.75, 3.05) is 0 Å². The summed E-state index contributed by atoms with van der Waals surface area (Å²) in [6.07, 6.45) is 6.03. The molecule has 0 heterocycles. The van der Waals surface area contributed by atoms with Crippen LogP contribution in [-0.4, -0.2) is 11.1 Å². The number of allylic oxidation sites excluding steroid dienone is 1. The number of carboxylic acid groups (broad SMARTS) is 1. The first-order chi connectivity index (χ1) is 5.65. The van der Waals surface area contributed by atoms with E-state index in [1.165, 1.54) is 0 Å². The molecule has 0 radical (unpaired) electrons. The molecule has 0 aromatic carbocycles. The summed E-state index contributed by atoms with van der Waals surface area (Å²) in [5.41, 5.74) is 0.617. The highest BCUT2D eigenvalue weighted by molar-refractivity contribution is 5.79. The van der Waals surface area contributed by atoms with Gasteiger partial charge in [0, 0.05) is 0 Å². The van der Waals surface area contributed by atoms with Crippen molar-refractivity contribution in [3.8, 4) is 0 Å². The highest BCUT2D eigenvalue weighted by atomic mass is 16.4. The lowest BCUT2D eigenvalue weighted by Gasteiger charge is -2.42. The second-order valence-electron chi connectivity index (χ2n) is 4.07. The molecule has 2 bridgehead atoms. The third-order valence-corrected chi connectivity index (χ3v) is 3.53. The van der Waals surface area contributed by atoms with Gasteiger partial charge in [-0.05, 0) is 38.5 Å². The first-order valence-electron chi connectivity index (χ1n) is 4.57. The van der Waals surface area contributed by atoms with Crippen LogP contribution in [0.4, 0.5) is 0 Å². The molecular weight excluding hydrogens is 152 g/mol. The SMILES string of the molecule is CC1=CC2CCC1(C(=O)O)CC2. The topological polar surface area (TPSA) is 37.3 Å². The molecule has 1 N–H and O–H groups in total. The van der Waals surface area contributed by atoms with Gasteiger partial charge in [0.05, 0.1) is 5.41 Å². The van der Waals surface area contributed by atoms with Crippen molar-refractivity contribution < 1.29 is 9.90 Å². The molecule has 0 atom stereocenters. The Hall–Kier alpha value is -0.790. The summed E-state index contributed by atoms with van der Waals surface area (Å²) < 4.78 is 0. The molecule has 1 saturated carbocycles. The summed E-state index contributed by atoms with van der Waals surface area (Å²) in [6, 6.07) is 0. The molecule has 0 saturated heterocycles. The summed E-state index contributed by atoms with van der Waals surface area (Å²) in [6.45, 7) is 1.97. The molecule has 3 aliphatic rings. The zero-order chi connectivity index (χ0) is 8.77. The van der Waals surface area contributed by atoms with Gasteiger partial charge in [-0.15, -0.1) is 0 Å². The summed E-state index contributed by atoms with van der Waals surface area (Å²) in [7, 11) is 0. The normalized spacial score (nSPS) is 39.4. The molecule has 3 rings (SSSR count). The standard InChI is InChI=1S/C10H14O2/c1-7-6-8-2-4-10(7,5-3-8)9(11)12/h6,8H,2-5H2,1H3,(H,11,12). The van der Waals surface area contributed by atoms with Crippen molar-refractivity contribution in [3.63, 3.8) is 0 Å². The molecule has 0 amide bonds. The van der Waals surface area contributed by atoms with Crippen LogP contribution >= 0.6 is 0 Å². The van der Waals surface area contributed by atoms with E-state index >= 15 is 0 Å². The molecular formula is C10H14O2. The minimum absolute atomic E-state index is 0.477. The Morgan fingerprint density at radius 2 is 2.17 bits per heavy atom. The molecule has 2 heteroatoms. The van der Waals surface area contributed by atoms with Crippen molar-refractivity contribution in [3.05, 3.63) is 11.6 Å². The second-order valence-corrected chi connectivity index (χ2v) is 4.07. The summed E-state index contributed by atoms with van der Waals surface area (Å²) in [4.78, 5) is 11.1. The number of hydrogen-bond acceptors (Lipinski definition) is 1. The highest BCUT2D eigenvalue weighted by Crippen LogP contribution is 2.50. The van der Waals surface area contributed by atoms with E-state index in [9.17, 15) is 4.79 Å². The number of hydrogen-bond donors (Lipinski definition) is 1. The number of aliphatic carboxylic acids is 1. The quantitative estimate of drug-likeness (QED) is 0.606. The molecule has 0 aliphatic heterocycles. The van der Waals surface area contributed by atoms with Crippen molar-refractivity contribution in [1.82, 2.24) is 0 Å². The second kappa shape index (κ2) is 2.35. The van der Waals surface area contributed by atoms with Gasteiger partial charge < -0.3 is 5.11 Å². The minimum atomic E-state index is -0.616. The number of carboxylic acids is 1. The summed E-state index contributed by atoms with van der Waals surface area (Å²) in [5, 5.41) is 9.14. The monoisotopic (exact) mass is 166 g/mol. The first-order valence-corrected chi connectivity index (χ1v) is 4.57. The van der Waals surface area contributed by atoms with Crippen LogP contribution < -0.4 is 0 Å². The van der Waals surface area contributed by atoms with E-state index in [1.54, 1.807) is 0 Å². The Morgan fingerprint density at radius 1 is 1.58 bits per heavy atom. The summed E-state index contributed by atoms with van der Waals surface area (Å²) >= 11 is 0. The fraction of sp³-hybridized carbons (Fsp3) is 0.700. The average molecular weight is 166 g/mol. The van der Waals surface area contributed by atoms with Crippen molar-refractivity contribution >= 4 is 5.97 Å². The van der Waals surface area contributed by atoms with E-state index in [0.717, 1.165) is 31.3 Å². The van der Waals surface area contributed by atoms with Crippen LogP contribution in [0, 0.1) is 11.3 Å². The fourth-order valence-electron chi connectivity index (χ4n) is 2.59. The lowest BCUT2D eigenvalue weighted by atomic mass is 9.61. The maximum atomic E-state index is 11.1. The van der Waals surface area contributed by atoms with Gasteiger partial charge in [0.1, 0.15) is 0 Å². The van der Waals surface area contributed by atoms with Crippen LogP contribution in [0.3, 0.4) is 0 Å². The lowest BCUT2D eigenvalue weighted by Crippen LogP contribution is -2.39. The molecule has 1 fully saturated rings. The molecule has 0 unspecified atom stereocenters. The first kappa shape index (κ1) is 7.84. The predicted octanol–water partition coefficient (Wildman–Crippen LogP) is 2.21. The van der Waals surface area contributed by atoms with E-state index in [2.05, 4.69) is 6.08 Å². The zero-order valence-corrected chi connectivity index (χ0v) is 7.34. The lowest BCUT2D eigenvalue weighted by molar-refractivity contribution is -0.149. The van der Waals surface area contributed by atoms with E-state index in [0.29, 0.717) is 5.92 Å². The van der Waals surface area contributed by atoms with E-state index in [1.807, 2.05) is 6.92 Å². The van der Waals surface area contributed by atoms with Crippen LogP contribution in [-0.2, 0) is 4.79 Å². The third kappa shape index (κ3) is 0.838. The smallest absolute Gasteiger partial charge is 0.313 e. The fourth-order valence-corrected chi connectivity index (χ4v) is 2.59. The van der Waals surface area contributed by atoms with Crippen LogP contribution in [0.25, 0.3) is 0 Å². The molecule has 0 aromatic rings. The number of rotatable bonds is 1.